The number of anilines is 1. The summed E-state index contributed by atoms with van der Waals surface area (Å²) in [5.74, 6) is 0.472. The minimum absolute atomic E-state index is 0.237. The van der Waals surface area contributed by atoms with Crippen molar-refractivity contribution in [2.75, 3.05) is 12.3 Å². The Morgan fingerprint density at radius 1 is 1.33 bits per heavy atom. The van der Waals surface area contributed by atoms with Crippen molar-refractivity contribution in [2.24, 2.45) is 5.92 Å². The predicted molar refractivity (Wildman–Crippen MR) is 74.9 cm³/mol. The molecule has 0 aliphatic carbocycles. The van der Waals surface area contributed by atoms with Gasteiger partial charge in [-0.1, -0.05) is 26.8 Å². The van der Waals surface area contributed by atoms with E-state index in [9.17, 15) is 8.42 Å². The largest absolute Gasteiger partial charge is 0.398 e. The zero-order valence-electron chi connectivity index (χ0n) is 11.2. The molecule has 0 saturated carbocycles. The highest BCUT2D eigenvalue weighted by Gasteiger charge is 2.14. The van der Waals surface area contributed by atoms with Crippen LogP contribution in [0.25, 0.3) is 0 Å². The molecule has 0 atom stereocenters. The molecule has 0 spiro atoms. The first-order valence-electron chi connectivity index (χ1n) is 6.25. The van der Waals surface area contributed by atoms with Crippen LogP contribution in [0, 0.1) is 5.92 Å². The van der Waals surface area contributed by atoms with Crippen LogP contribution in [0.15, 0.2) is 23.1 Å². The van der Waals surface area contributed by atoms with Gasteiger partial charge in [-0.05, 0) is 36.5 Å². The van der Waals surface area contributed by atoms with Gasteiger partial charge in [-0.15, -0.1) is 0 Å². The lowest BCUT2D eigenvalue weighted by Crippen LogP contribution is -2.25. The molecule has 102 valence electrons. The van der Waals surface area contributed by atoms with E-state index < -0.39 is 10.0 Å². The number of nitrogen functional groups attached to an aromatic ring is 1. The standard InChI is InChI=1S/C13H22N2O2S/c1-4-11-5-6-12(9-13(11)14)18(16,17)15-8-7-10(2)3/h5-6,9-10,15H,4,7-8,14H2,1-3H3. The Morgan fingerprint density at radius 2 is 2.00 bits per heavy atom. The van der Waals surface area contributed by atoms with Crippen LogP contribution in [0.3, 0.4) is 0 Å². The average molecular weight is 270 g/mol. The molecule has 0 aliphatic heterocycles. The molecule has 0 aromatic heterocycles. The second kappa shape index (κ2) is 6.20. The lowest BCUT2D eigenvalue weighted by molar-refractivity contribution is 0.551. The lowest BCUT2D eigenvalue weighted by atomic mass is 10.1. The second-order valence-corrected chi connectivity index (χ2v) is 6.56. The molecule has 0 fully saturated rings. The molecule has 0 saturated heterocycles. The van der Waals surface area contributed by atoms with Crippen molar-refractivity contribution >= 4 is 15.7 Å². The van der Waals surface area contributed by atoms with Gasteiger partial charge in [-0.3, -0.25) is 0 Å². The van der Waals surface area contributed by atoms with Gasteiger partial charge in [0.25, 0.3) is 0 Å². The third-order valence-corrected chi connectivity index (χ3v) is 4.28. The number of rotatable bonds is 6. The van der Waals surface area contributed by atoms with Crippen LogP contribution in [0.4, 0.5) is 5.69 Å². The molecular weight excluding hydrogens is 248 g/mol. The first kappa shape index (κ1) is 15.0. The monoisotopic (exact) mass is 270 g/mol. The Kier molecular flexibility index (Phi) is 5.16. The van der Waals surface area contributed by atoms with Gasteiger partial charge < -0.3 is 5.73 Å². The van der Waals surface area contributed by atoms with Gasteiger partial charge in [-0.25, -0.2) is 13.1 Å². The Balaban J connectivity index is 2.82. The van der Waals surface area contributed by atoms with Crippen molar-refractivity contribution in [1.82, 2.24) is 4.72 Å². The van der Waals surface area contributed by atoms with E-state index in [4.69, 9.17) is 5.73 Å². The van der Waals surface area contributed by atoms with E-state index >= 15 is 0 Å². The summed E-state index contributed by atoms with van der Waals surface area (Å²) in [6.07, 6.45) is 1.62. The number of sulfonamides is 1. The van der Waals surface area contributed by atoms with Gasteiger partial charge in [-0.2, -0.15) is 0 Å². The highest BCUT2D eigenvalue weighted by molar-refractivity contribution is 7.89. The van der Waals surface area contributed by atoms with Crippen LogP contribution in [0.5, 0.6) is 0 Å². The highest BCUT2D eigenvalue weighted by Crippen LogP contribution is 2.18. The Labute approximate surface area is 110 Å². The Hall–Kier alpha value is -1.07. The molecule has 0 bridgehead atoms. The molecule has 5 heteroatoms. The molecule has 0 heterocycles. The van der Waals surface area contributed by atoms with E-state index in [1.54, 1.807) is 12.1 Å². The van der Waals surface area contributed by atoms with Gasteiger partial charge in [0.15, 0.2) is 0 Å². The van der Waals surface area contributed by atoms with E-state index in [0.29, 0.717) is 18.2 Å². The van der Waals surface area contributed by atoms with E-state index in [2.05, 4.69) is 18.6 Å². The van der Waals surface area contributed by atoms with Gasteiger partial charge in [0, 0.05) is 12.2 Å². The highest BCUT2D eigenvalue weighted by atomic mass is 32.2. The fraction of sp³-hybridized carbons (Fsp3) is 0.538. The van der Waals surface area contributed by atoms with Crippen LogP contribution >= 0.6 is 0 Å². The van der Waals surface area contributed by atoms with Crippen LogP contribution < -0.4 is 10.5 Å². The molecule has 0 unspecified atom stereocenters. The van der Waals surface area contributed by atoms with Gasteiger partial charge in [0.2, 0.25) is 10.0 Å². The van der Waals surface area contributed by atoms with E-state index in [0.717, 1.165) is 18.4 Å². The van der Waals surface area contributed by atoms with E-state index in [-0.39, 0.29) is 4.90 Å². The predicted octanol–water partition coefficient (Wildman–Crippen LogP) is 2.16. The lowest BCUT2D eigenvalue weighted by Gasteiger charge is -2.10. The van der Waals surface area contributed by atoms with Crippen molar-refractivity contribution in [3.63, 3.8) is 0 Å². The van der Waals surface area contributed by atoms with Crippen LogP contribution in [-0.4, -0.2) is 15.0 Å². The van der Waals surface area contributed by atoms with Crippen molar-refractivity contribution in [3.8, 4) is 0 Å². The maximum atomic E-state index is 12.0. The summed E-state index contributed by atoms with van der Waals surface area (Å²) in [5, 5.41) is 0. The third kappa shape index (κ3) is 3.99. The van der Waals surface area contributed by atoms with Gasteiger partial charge in [0.05, 0.1) is 4.90 Å². The van der Waals surface area contributed by atoms with Crippen molar-refractivity contribution in [1.29, 1.82) is 0 Å². The van der Waals surface area contributed by atoms with Crippen molar-refractivity contribution in [3.05, 3.63) is 23.8 Å². The number of benzene rings is 1. The first-order chi connectivity index (χ1) is 8.36. The van der Waals surface area contributed by atoms with E-state index in [1.165, 1.54) is 6.07 Å². The fourth-order valence-corrected chi connectivity index (χ4v) is 2.71. The molecular formula is C13H22N2O2S. The summed E-state index contributed by atoms with van der Waals surface area (Å²) in [6.45, 7) is 6.56. The molecule has 3 N–H and O–H groups in total. The van der Waals surface area contributed by atoms with Gasteiger partial charge in [0.1, 0.15) is 0 Å². The summed E-state index contributed by atoms with van der Waals surface area (Å²) in [7, 11) is -3.43. The van der Waals surface area contributed by atoms with E-state index in [1.807, 2.05) is 6.92 Å². The topological polar surface area (TPSA) is 72.2 Å². The van der Waals surface area contributed by atoms with Crippen LogP contribution in [0.2, 0.25) is 0 Å². The molecule has 4 nitrogen and oxygen atoms in total. The maximum absolute atomic E-state index is 12.0. The fourth-order valence-electron chi connectivity index (χ4n) is 1.63. The molecule has 1 rings (SSSR count). The van der Waals surface area contributed by atoms with Crippen LogP contribution in [-0.2, 0) is 16.4 Å². The zero-order valence-corrected chi connectivity index (χ0v) is 12.0. The van der Waals surface area contributed by atoms with Crippen molar-refractivity contribution < 1.29 is 8.42 Å². The smallest absolute Gasteiger partial charge is 0.240 e. The summed E-state index contributed by atoms with van der Waals surface area (Å²) < 4.78 is 26.6. The molecule has 1 aromatic rings. The number of nitrogens with two attached hydrogens (primary N) is 1. The number of nitrogens with one attached hydrogen (secondary N) is 1. The number of hydrogen-bond donors (Lipinski definition) is 2. The molecule has 1 aromatic carbocycles. The number of hydrogen-bond acceptors (Lipinski definition) is 3. The number of aryl methyl sites for hydroxylation is 1. The first-order valence-corrected chi connectivity index (χ1v) is 7.73. The minimum atomic E-state index is -3.43. The van der Waals surface area contributed by atoms with Crippen molar-refractivity contribution in [2.45, 2.75) is 38.5 Å². The molecule has 0 aliphatic rings. The molecule has 0 radical (unpaired) electrons. The second-order valence-electron chi connectivity index (χ2n) is 4.79. The SMILES string of the molecule is CCc1ccc(S(=O)(=O)NCCC(C)C)cc1N. The summed E-state index contributed by atoms with van der Waals surface area (Å²) in [6, 6.07) is 4.90. The van der Waals surface area contributed by atoms with Gasteiger partial charge >= 0.3 is 0 Å². The zero-order chi connectivity index (χ0) is 13.8. The molecule has 0 amide bonds. The summed E-state index contributed by atoms with van der Waals surface area (Å²) >= 11 is 0. The average Bonchev–Trinajstić information content (AvgIpc) is 2.28. The van der Waals surface area contributed by atoms with Crippen LogP contribution in [0.1, 0.15) is 32.8 Å². The summed E-state index contributed by atoms with van der Waals surface area (Å²) in [4.78, 5) is 0.237. The maximum Gasteiger partial charge on any atom is 0.240 e. The Bertz CT molecular complexity index is 496. The quantitative estimate of drug-likeness (QED) is 0.778. The molecule has 18 heavy (non-hydrogen) atoms. The summed E-state index contributed by atoms with van der Waals surface area (Å²) in [5.41, 5.74) is 7.31. The normalized spacial score (nSPS) is 12.0. The Morgan fingerprint density at radius 3 is 2.50 bits per heavy atom. The third-order valence-electron chi connectivity index (χ3n) is 2.82. The minimum Gasteiger partial charge on any atom is -0.398 e.